The van der Waals surface area contributed by atoms with Crippen molar-refractivity contribution in [2.45, 2.75) is 64.8 Å². The van der Waals surface area contributed by atoms with Gasteiger partial charge in [-0.25, -0.2) is 0 Å². The van der Waals surface area contributed by atoms with Crippen molar-refractivity contribution in [2.75, 3.05) is 13.1 Å². The van der Waals surface area contributed by atoms with E-state index in [1.165, 1.54) is 44.3 Å². The van der Waals surface area contributed by atoms with Gasteiger partial charge in [-0.2, -0.15) is 0 Å². The third-order valence-electron chi connectivity index (χ3n) is 6.35. The number of hydrogen-bond acceptors (Lipinski definition) is 1. The molecule has 0 radical (unpaired) electrons. The summed E-state index contributed by atoms with van der Waals surface area (Å²) in [5.74, 6) is 0. The molecule has 0 bridgehead atoms. The highest BCUT2D eigenvalue weighted by atomic mass is 15.2. The summed E-state index contributed by atoms with van der Waals surface area (Å²) < 4.78 is 0. The summed E-state index contributed by atoms with van der Waals surface area (Å²) in [5.41, 5.74) is 3.58. The summed E-state index contributed by atoms with van der Waals surface area (Å²) in [5, 5.41) is 0. The molecule has 0 aromatic heterocycles. The van der Waals surface area contributed by atoms with Crippen LogP contribution in [-0.4, -0.2) is 24.0 Å². The summed E-state index contributed by atoms with van der Waals surface area (Å²) in [6, 6.07) is 10.1. The molecule has 1 heteroatoms. The van der Waals surface area contributed by atoms with E-state index in [9.17, 15) is 0 Å². The first-order valence-corrected chi connectivity index (χ1v) is 8.26. The molecule has 1 saturated carbocycles. The third-order valence-corrected chi connectivity index (χ3v) is 6.35. The molecule has 1 aliphatic heterocycles. The summed E-state index contributed by atoms with van der Waals surface area (Å²) in [7, 11) is 0. The minimum absolute atomic E-state index is 0.283. The van der Waals surface area contributed by atoms with Crippen LogP contribution in [0.15, 0.2) is 24.3 Å². The molecular weight excluding hydrogens is 242 g/mol. The van der Waals surface area contributed by atoms with E-state index in [1.807, 2.05) is 0 Å². The van der Waals surface area contributed by atoms with E-state index >= 15 is 0 Å². The van der Waals surface area contributed by atoms with Crippen LogP contribution in [0.1, 0.15) is 57.6 Å². The average Bonchev–Trinajstić information content (AvgIpc) is 2.99. The fraction of sp³-hybridized carbons (Fsp3) is 0.684. The highest BCUT2D eigenvalue weighted by Crippen LogP contribution is 2.55. The van der Waals surface area contributed by atoms with Crippen molar-refractivity contribution in [3.05, 3.63) is 35.4 Å². The number of rotatable bonds is 2. The van der Waals surface area contributed by atoms with Gasteiger partial charge in [-0.15, -0.1) is 0 Å². The standard InChI is InChI=1S/C19H29N/c1-15-7-9-16(10-8-15)19(4)17(11-12-18(19,2)3)20-13-5-6-14-20/h7-10,17H,5-6,11-14H2,1-4H3/t17-,19+/m1/s1. The lowest BCUT2D eigenvalue weighted by atomic mass is 9.63. The molecule has 1 aromatic rings. The van der Waals surface area contributed by atoms with Crippen molar-refractivity contribution < 1.29 is 0 Å². The van der Waals surface area contributed by atoms with E-state index < -0.39 is 0 Å². The molecule has 0 amide bonds. The first-order chi connectivity index (χ1) is 9.45. The average molecular weight is 271 g/mol. The summed E-state index contributed by atoms with van der Waals surface area (Å²) in [6.45, 7) is 12.3. The predicted octanol–water partition coefficient (Wildman–Crippen LogP) is 4.54. The minimum atomic E-state index is 0.283. The van der Waals surface area contributed by atoms with Crippen molar-refractivity contribution in [1.29, 1.82) is 0 Å². The van der Waals surface area contributed by atoms with Gasteiger partial charge in [-0.3, -0.25) is 4.90 Å². The van der Waals surface area contributed by atoms with Gasteiger partial charge in [-0.05, 0) is 56.7 Å². The Morgan fingerprint density at radius 3 is 2.20 bits per heavy atom. The second-order valence-corrected chi connectivity index (χ2v) is 7.75. The maximum Gasteiger partial charge on any atom is 0.0195 e. The Morgan fingerprint density at radius 1 is 1.00 bits per heavy atom. The van der Waals surface area contributed by atoms with Gasteiger partial charge in [0.05, 0.1) is 0 Å². The van der Waals surface area contributed by atoms with Gasteiger partial charge in [0.2, 0.25) is 0 Å². The van der Waals surface area contributed by atoms with Crippen LogP contribution in [0, 0.1) is 12.3 Å². The molecule has 1 aliphatic carbocycles. The molecular formula is C19H29N. The second-order valence-electron chi connectivity index (χ2n) is 7.75. The fourth-order valence-electron chi connectivity index (χ4n) is 4.58. The van der Waals surface area contributed by atoms with E-state index in [0.29, 0.717) is 5.41 Å². The molecule has 1 heterocycles. The molecule has 0 unspecified atom stereocenters. The fourth-order valence-corrected chi connectivity index (χ4v) is 4.58. The maximum atomic E-state index is 2.77. The van der Waals surface area contributed by atoms with E-state index in [0.717, 1.165) is 6.04 Å². The van der Waals surface area contributed by atoms with E-state index in [1.54, 1.807) is 5.56 Å². The van der Waals surface area contributed by atoms with Crippen LogP contribution in [0.2, 0.25) is 0 Å². The van der Waals surface area contributed by atoms with Crippen molar-refractivity contribution in [2.24, 2.45) is 5.41 Å². The Hall–Kier alpha value is -0.820. The minimum Gasteiger partial charge on any atom is -0.299 e. The topological polar surface area (TPSA) is 3.24 Å². The zero-order valence-corrected chi connectivity index (χ0v) is 13.6. The Labute approximate surface area is 124 Å². The van der Waals surface area contributed by atoms with Crippen LogP contribution >= 0.6 is 0 Å². The van der Waals surface area contributed by atoms with Gasteiger partial charge in [0.25, 0.3) is 0 Å². The molecule has 2 atom stereocenters. The Morgan fingerprint density at radius 2 is 1.60 bits per heavy atom. The predicted molar refractivity (Wildman–Crippen MR) is 86.1 cm³/mol. The lowest BCUT2D eigenvalue weighted by Gasteiger charge is -2.46. The second kappa shape index (κ2) is 4.87. The lowest BCUT2D eigenvalue weighted by molar-refractivity contribution is 0.118. The van der Waals surface area contributed by atoms with Gasteiger partial charge in [0.1, 0.15) is 0 Å². The number of benzene rings is 1. The number of nitrogens with zero attached hydrogens (tertiary/aromatic N) is 1. The van der Waals surface area contributed by atoms with Crippen LogP contribution in [0.25, 0.3) is 0 Å². The molecule has 1 saturated heterocycles. The van der Waals surface area contributed by atoms with Crippen LogP contribution < -0.4 is 0 Å². The van der Waals surface area contributed by atoms with Crippen LogP contribution in [0.3, 0.4) is 0 Å². The molecule has 0 N–H and O–H groups in total. The van der Waals surface area contributed by atoms with E-state index in [2.05, 4.69) is 56.9 Å². The van der Waals surface area contributed by atoms with Crippen molar-refractivity contribution >= 4 is 0 Å². The number of likely N-dealkylation sites (tertiary alicyclic amines) is 1. The van der Waals surface area contributed by atoms with Crippen LogP contribution in [-0.2, 0) is 5.41 Å². The van der Waals surface area contributed by atoms with E-state index in [4.69, 9.17) is 0 Å². The Bertz CT molecular complexity index is 467. The number of hydrogen-bond donors (Lipinski definition) is 0. The highest BCUT2D eigenvalue weighted by Gasteiger charge is 2.54. The largest absolute Gasteiger partial charge is 0.299 e. The Kier molecular flexibility index (Phi) is 3.44. The monoisotopic (exact) mass is 271 g/mol. The van der Waals surface area contributed by atoms with E-state index in [-0.39, 0.29) is 5.41 Å². The van der Waals surface area contributed by atoms with Crippen LogP contribution in [0.5, 0.6) is 0 Å². The van der Waals surface area contributed by atoms with Crippen molar-refractivity contribution in [3.8, 4) is 0 Å². The first-order valence-electron chi connectivity index (χ1n) is 8.26. The molecule has 2 aliphatic rings. The molecule has 1 nitrogen and oxygen atoms in total. The molecule has 2 fully saturated rings. The van der Waals surface area contributed by atoms with Gasteiger partial charge in [0, 0.05) is 11.5 Å². The van der Waals surface area contributed by atoms with Crippen molar-refractivity contribution in [1.82, 2.24) is 4.90 Å². The first kappa shape index (κ1) is 14.1. The SMILES string of the molecule is Cc1ccc([C@@]2(C)[C@H](N3CCCC3)CCC2(C)C)cc1. The highest BCUT2D eigenvalue weighted by molar-refractivity contribution is 5.34. The zero-order valence-electron chi connectivity index (χ0n) is 13.6. The van der Waals surface area contributed by atoms with Gasteiger partial charge in [-0.1, -0.05) is 50.6 Å². The summed E-state index contributed by atoms with van der Waals surface area (Å²) in [6.07, 6.45) is 5.48. The van der Waals surface area contributed by atoms with Gasteiger partial charge >= 0.3 is 0 Å². The molecule has 1 aromatic carbocycles. The maximum absolute atomic E-state index is 2.77. The Balaban J connectivity index is 2.01. The number of aryl methyl sites for hydroxylation is 1. The van der Waals surface area contributed by atoms with Crippen molar-refractivity contribution in [3.63, 3.8) is 0 Å². The lowest BCUT2D eigenvalue weighted by Crippen LogP contribution is -2.50. The van der Waals surface area contributed by atoms with Gasteiger partial charge < -0.3 is 0 Å². The summed E-state index contributed by atoms with van der Waals surface area (Å²) in [4.78, 5) is 2.77. The van der Waals surface area contributed by atoms with Crippen LogP contribution in [0.4, 0.5) is 0 Å². The molecule has 0 spiro atoms. The molecule has 20 heavy (non-hydrogen) atoms. The third kappa shape index (κ3) is 2.02. The van der Waals surface area contributed by atoms with Gasteiger partial charge in [0.15, 0.2) is 0 Å². The quantitative estimate of drug-likeness (QED) is 0.763. The summed E-state index contributed by atoms with van der Waals surface area (Å²) >= 11 is 0. The molecule has 110 valence electrons. The smallest absolute Gasteiger partial charge is 0.0195 e. The molecule has 3 rings (SSSR count). The normalized spacial score (nSPS) is 33.7. The zero-order chi connectivity index (χ0) is 14.4.